The SMILES string of the molecule is Cc1cc(C)c2c(C)c(C(=O)N3c4ccccc4CC3C)sc2n1. The number of aromatic nitrogens is 1. The molecule has 1 aliphatic heterocycles. The van der Waals surface area contributed by atoms with Crippen LogP contribution in [0.15, 0.2) is 30.3 Å². The lowest BCUT2D eigenvalue weighted by Gasteiger charge is -2.22. The van der Waals surface area contributed by atoms with Gasteiger partial charge in [-0.05, 0) is 62.9 Å². The molecular formula is C20H20N2OS. The highest BCUT2D eigenvalue weighted by atomic mass is 32.1. The number of rotatable bonds is 1. The topological polar surface area (TPSA) is 33.2 Å². The molecule has 4 heteroatoms. The van der Waals surface area contributed by atoms with E-state index in [0.717, 1.165) is 38.5 Å². The third-order valence-corrected chi connectivity index (χ3v) is 6.02. The van der Waals surface area contributed by atoms with Gasteiger partial charge in [0.2, 0.25) is 0 Å². The molecular weight excluding hydrogens is 316 g/mol. The fraction of sp³-hybridized carbons (Fsp3) is 0.300. The summed E-state index contributed by atoms with van der Waals surface area (Å²) in [5.41, 5.74) is 5.55. The number of aryl methyl sites for hydroxylation is 3. The minimum Gasteiger partial charge on any atom is -0.304 e. The minimum absolute atomic E-state index is 0.102. The average Bonchev–Trinajstić information content (AvgIpc) is 3.03. The van der Waals surface area contributed by atoms with Crippen molar-refractivity contribution in [2.45, 2.75) is 40.2 Å². The van der Waals surface area contributed by atoms with Crippen LogP contribution >= 0.6 is 11.3 Å². The third-order valence-electron chi connectivity index (χ3n) is 4.85. The number of fused-ring (bicyclic) bond motifs is 2. The number of thiophene rings is 1. The van der Waals surface area contributed by atoms with Crippen molar-refractivity contribution in [1.29, 1.82) is 0 Å². The van der Waals surface area contributed by atoms with Gasteiger partial charge in [-0.2, -0.15) is 0 Å². The number of amides is 1. The van der Waals surface area contributed by atoms with Crippen LogP contribution in [0.25, 0.3) is 10.2 Å². The van der Waals surface area contributed by atoms with E-state index >= 15 is 0 Å². The van der Waals surface area contributed by atoms with E-state index in [4.69, 9.17) is 0 Å². The molecule has 0 bridgehead atoms. The molecule has 0 saturated carbocycles. The summed E-state index contributed by atoms with van der Waals surface area (Å²) < 4.78 is 0. The van der Waals surface area contributed by atoms with E-state index in [1.165, 1.54) is 22.5 Å². The highest BCUT2D eigenvalue weighted by Gasteiger charge is 2.33. The molecule has 0 spiro atoms. The number of carbonyl (C=O) groups is 1. The third kappa shape index (κ3) is 2.17. The van der Waals surface area contributed by atoms with Crippen molar-refractivity contribution in [1.82, 2.24) is 4.98 Å². The molecule has 122 valence electrons. The van der Waals surface area contributed by atoms with Crippen molar-refractivity contribution < 1.29 is 4.79 Å². The summed E-state index contributed by atoms with van der Waals surface area (Å²) in [6, 6.07) is 10.5. The van der Waals surface area contributed by atoms with Crippen LogP contribution in [0.5, 0.6) is 0 Å². The Morgan fingerprint density at radius 3 is 2.79 bits per heavy atom. The van der Waals surface area contributed by atoms with Gasteiger partial charge in [-0.1, -0.05) is 18.2 Å². The highest BCUT2D eigenvalue weighted by molar-refractivity contribution is 7.20. The van der Waals surface area contributed by atoms with Gasteiger partial charge in [0.25, 0.3) is 5.91 Å². The molecule has 3 aromatic rings. The monoisotopic (exact) mass is 336 g/mol. The van der Waals surface area contributed by atoms with Crippen molar-refractivity contribution >= 4 is 33.1 Å². The Hall–Kier alpha value is -2.20. The van der Waals surface area contributed by atoms with Gasteiger partial charge in [0, 0.05) is 22.8 Å². The largest absolute Gasteiger partial charge is 0.304 e. The zero-order chi connectivity index (χ0) is 17.0. The van der Waals surface area contributed by atoms with Crippen LogP contribution in [-0.4, -0.2) is 16.9 Å². The van der Waals surface area contributed by atoms with Crippen molar-refractivity contribution in [2.75, 3.05) is 4.90 Å². The van der Waals surface area contributed by atoms with E-state index in [0.29, 0.717) is 0 Å². The Morgan fingerprint density at radius 2 is 2.00 bits per heavy atom. The molecule has 1 unspecified atom stereocenters. The van der Waals surface area contributed by atoms with Gasteiger partial charge in [0.1, 0.15) is 4.83 Å². The van der Waals surface area contributed by atoms with Gasteiger partial charge < -0.3 is 4.90 Å². The predicted octanol–water partition coefficient (Wildman–Crippen LogP) is 4.81. The maximum atomic E-state index is 13.3. The summed E-state index contributed by atoms with van der Waals surface area (Å²) >= 11 is 1.52. The number of anilines is 1. The van der Waals surface area contributed by atoms with Crippen molar-refractivity contribution in [2.24, 2.45) is 0 Å². The second-order valence-corrected chi connectivity index (χ2v) is 7.67. The quantitative estimate of drug-likeness (QED) is 0.639. The average molecular weight is 336 g/mol. The summed E-state index contributed by atoms with van der Waals surface area (Å²) in [5.74, 6) is 0.102. The molecule has 4 rings (SSSR count). The molecule has 0 aliphatic carbocycles. The van der Waals surface area contributed by atoms with Crippen LogP contribution in [-0.2, 0) is 6.42 Å². The van der Waals surface area contributed by atoms with Crippen molar-refractivity contribution in [3.05, 3.63) is 57.6 Å². The fourth-order valence-corrected chi connectivity index (χ4v) is 5.05. The fourth-order valence-electron chi connectivity index (χ4n) is 3.81. The van der Waals surface area contributed by atoms with Gasteiger partial charge in [-0.3, -0.25) is 4.79 Å². The molecule has 1 amide bonds. The number of carbonyl (C=O) groups excluding carboxylic acids is 1. The maximum absolute atomic E-state index is 13.3. The molecule has 0 fully saturated rings. The summed E-state index contributed by atoms with van der Waals surface area (Å²) in [6.07, 6.45) is 0.919. The van der Waals surface area contributed by atoms with Crippen LogP contribution in [0.4, 0.5) is 5.69 Å². The maximum Gasteiger partial charge on any atom is 0.268 e. The summed E-state index contributed by atoms with van der Waals surface area (Å²) in [7, 11) is 0. The first kappa shape index (κ1) is 15.3. The van der Waals surface area contributed by atoms with Crippen LogP contribution in [0.3, 0.4) is 0 Å². The Kier molecular flexibility index (Phi) is 3.46. The molecule has 2 aromatic heterocycles. The Bertz CT molecular complexity index is 973. The Balaban J connectivity index is 1.85. The number of hydrogen-bond acceptors (Lipinski definition) is 3. The summed E-state index contributed by atoms with van der Waals surface area (Å²) in [6.45, 7) is 8.26. The van der Waals surface area contributed by atoms with E-state index in [-0.39, 0.29) is 11.9 Å². The standard InChI is InChI=1S/C20H20N2OS/c1-11-9-12(2)21-19-17(11)14(4)18(24-19)20(23)22-13(3)10-15-7-5-6-8-16(15)22/h5-9,13H,10H2,1-4H3. The van der Waals surface area contributed by atoms with Crippen molar-refractivity contribution in [3.8, 4) is 0 Å². The zero-order valence-corrected chi connectivity index (χ0v) is 15.2. The van der Waals surface area contributed by atoms with E-state index in [1.54, 1.807) is 0 Å². The molecule has 1 atom stereocenters. The first-order chi connectivity index (χ1) is 11.5. The smallest absolute Gasteiger partial charge is 0.268 e. The van der Waals surface area contributed by atoms with Gasteiger partial charge in [0.15, 0.2) is 0 Å². The normalized spacial score (nSPS) is 16.7. The van der Waals surface area contributed by atoms with Gasteiger partial charge in [-0.15, -0.1) is 11.3 Å². The molecule has 0 N–H and O–H groups in total. The zero-order valence-electron chi connectivity index (χ0n) is 14.4. The molecule has 0 saturated heterocycles. The molecule has 3 nitrogen and oxygen atoms in total. The van der Waals surface area contributed by atoms with Crippen LogP contribution < -0.4 is 4.90 Å². The lowest BCUT2D eigenvalue weighted by atomic mass is 10.1. The first-order valence-electron chi connectivity index (χ1n) is 8.26. The number of benzene rings is 1. The number of pyridine rings is 1. The Morgan fingerprint density at radius 1 is 1.25 bits per heavy atom. The lowest BCUT2D eigenvalue weighted by Crippen LogP contribution is -2.35. The highest BCUT2D eigenvalue weighted by Crippen LogP contribution is 2.37. The van der Waals surface area contributed by atoms with Gasteiger partial charge in [0.05, 0.1) is 4.88 Å². The van der Waals surface area contributed by atoms with Crippen molar-refractivity contribution in [3.63, 3.8) is 0 Å². The number of nitrogens with zero attached hydrogens (tertiary/aromatic N) is 2. The Labute approximate surface area is 146 Å². The van der Waals surface area contributed by atoms with E-state index in [2.05, 4.69) is 31.0 Å². The minimum atomic E-state index is 0.102. The molecule has 1 aromatic carbocycles. The molecule has 0 radical (unpaired) electrons. The second kappa shape index (κ2) is 5.42. The molecule has 1 aliphatic rings. The number of para-hydroxylation sites is 1. The first-order valence-corrected chi connectivity index (χ1v) is 9.08. The van der Waals surface area contributed by atoms with E-state index in [1.807, 2.05) is 36.9 Å². The molecule has 24 heavy (non-hydrogen) atoms. The lowest BCUT2D eigenvalue weighted by molar-refractivity contribution is 0.0985. The number of hydrogen-bond donors (Lipinski definition) is 0. The van der Waals surface area contributed by atoms with E-state index < -0.39 is 0 Å². The van der Waals surface area contributed by atoms with Gasteiger partial charge >= 0.3 is 0 Å². The van der Waals surface area contributed by atoms with Crippen LogP contribution in [0.1, 0.15) is 39.0 Å². The van der Waals surface area contributed by atoms with Crippen LogP contribution in [0.2, 0.25) is 0 Å². The molecule has 3 heterocycles. The summed E-state index contributed by atoms with van der Waals surface area (Å²) in [5, 5.41) is 1.13. The van der Waals surface area contributed by atoms with Crippen LogP contribution in [0, 0.1) is 20.8 Å². The second-order valence-electron chi connectivity index (χ2n) is 6.67. The van der Waals surface area contributed by atoms with Gasteiger partial charge in [-0.25, -0.2) is 4.98 Å². The predicted molar refractivity (Wildman–Crippen MR) is 100 cm³/mol. The summed E-state index contributed by atoms with van der Waals surface area (Å²) in [4.78, 5) is 21.7. The van der Waals surface area contributed by atoms with E-state index in [9.17, 15) is 4.79 Å².